The highest BCUT2D eigenvalue weighted by molar-refractivity contribution is 5.39. The van der Waals surface area contributed by atoms with Crippen molar-refractivity contribution in [3.05, 3.63) is 54.1 Å². The van der Waals surface area contributed by atoms with Gasteiger partial charge in [0.15, 0.2) is 0 Å². The molecule has 0 radical (unpaired) electrons. The Hall–Kier alpha value is -1.94. The first-order chi connectivity index (χ1) is 8.18. The number of ether oxygens (including phenoxy) is 1. The normalized spacial score (nSPS) is 12.2. The molecule has 1 heterocycles. The number of aromatic nitrogens is 1. The van der Waals surface area contributed by atoms with E-state index in [4.69, 9.17) is 4.74 Å². The summed E-state index contributed by atoms with van der Waals surface area (Å²) in [6, 6.07) is 7.86. The van der Waals surface area contributed by atoms with E-state index in [9.17, 15) is 9.50 Å². The molecule has 17 heavy (non-hydrogen) atoms. The first-order valence-corrected chi connectivity index (χ1v) is 5.23. The minimum absolute atomic E-state index is 0.149. The number of pyridine rings is 1. The molecule has 88 valence electrons. The van der Waals surface area contributed by atoms with Crippen LogP contribution in [-0.4, -0.2) is 10.1 Å². The third-order valence-corrected chi connectivity index (χ3v) is 2.29. The Balaban J connectivity index is 2.36. The summed E-state index contributed by atoms with van der Waals surface area (Å²) < 4.78 is 19.0. The van der Waals surface area contributed by atoms with Crippen molar-refractivity contribution in [3.8, 4) is 11.5 Å². The summed E-state index contributed by atoms with van der Waals surface area (Å²) in [6.07, 6.45) is 2.22. The molecular formula is C13H12FNO2. The van der Waals surface area contributed by atoms with Crippen LogP contribution in [0.15, 0.2) is 42.7 Å². The van der Waals surface area contributed by atoms with Crippen LogP contribution in [0.1, 0.15) is 18.6 Å². The van der Waals surface area contributed by atoms with E-state index in [1.165, 1.54) is 25.3 Å². The molecular weight excluding hydrogens is 221 g/mol. The molecule has 1 aromatic carbocycles. The molecule has 1 N–H and O–H groups in total. The second-order valence-electron chi connectivity index (χ2n) is 3.62. The largest absolute Gasteiger partial charge is 0.455 e. The maximum Gasteiger partial charge on any atom is 0.145 e. The van der Waals surface area contributed by atoms with Crippen molar-refractivity contribution in [2.24, 2.45) is 0 Å². The summed E-state index contributed by atoms with van der Waals surface area (Å²) >= 11 is 0. The Morgan fingerprint density at radius 1 is 1.29 bits per heavy atom. The van der Waals surface area contributed by atoms with E-state index >= 15 is 0 Å². The van der Waals surface area contributed by atoms with Crippen LogP contribution in [0.3, 0.4) is 0 Å². The third kappa shape index (κ3) is 2.60. The highest BCUT2D eigenvalue weighted by atomic mass is 19.1. The van der Waals surface area contributed by atoms with Gasteiger partial charge in [-0.25, -0.2) is 4.39 Å². The van der Waals surface area contributed by atoms with Gasteiger partial charge in [-0.1, -0.05) is 6.07 Å². The fraction of sp³-hybridized carbons (Fsp3) is 0.154. The van der Waals surface area contributed by atoms with Crippen LogP contribution in [0.2, 0.25) is 0 Å². The van der Waals surface area contributed by atoms with Crippen LogP contribution in [0.5, 0.6) is 11.5 Å². The molecule has 0 fully saturated rings. The lowest BCUT2D eigenvalue weighted by Gasteiger charge is -2.13. The number of aliphatic hydroxyl groups is 1. The predicted molar refractivity (Wildman–Crippen MR) is 61.3 cm³/mol. The van der Waals surface area contributed by atoms with Gasteiger partial charge < -0.3 is 9.84 Å². The summed E-state index contributed by atoms with van der Waals surface area (Å²) in [5.41, 5.74) is 0.149. The van der Waals surface area contributed by atoms with Gasteiger partial charge in [-0.2, -0.15) is 0 Å². The van der Waals surface area contributed by atoms with Crippen molar-refractivity contribution in [2.75, 3.05) is 0 Å². The molecule has 0 saturated carbocycles. The molecule has 1 atom stereocenters. The van der Waals surface area contributed by atoms with E-state index in [1.54, 1.807) is 24.4 Å². The van der Waals surface area contributed by atoms with Crippen LogP contribution in [0.4, 0.5) is 4.39 Å². The second-order valence-corrected chi connectivity index (χ2v) is 3.62. The summed E-state index contributed by atoms with van der Waals surface area (Å²) in [6.45, 7) is 1.49. The maximum absolute atomic E-state index is 13.5. The van der Waals surface area contributed by atoms with Gasteiger partial charge >= 0.3 is 0 Å². The number of hydrogen-bond acceptors (Lipinski definition) is 3. The average Bonchev–Trinajstić information content (AvgIpc) is 2.30. The summed E-state index contributed by atoms with van der Waals surface area (Å²) in [5, 5.41) is 9.53. The standard InChI is InChI=1S/C13H12FNO2/c1-9(16)13-11(14)5-2-6-12(13)17-10-4-3-7-15-8-10/h2-9,16H,1H3/t9-/m0/s1. The number of halogens is 1. The summed E-state index contributed by atoms with van der Waals surface area (Å²) in [4.78, 5) is 3.90. The van der Waals surface area contributed by atoms with Gasteiger partial charge in [-0.3, -0.25) is 4.98 Å². The van der Waals surface area contributed by atoms with Crippen molar-refractivity contribution >= 4 is 0 Å². The number of aliphatic hydroxyl groups excluding tert-OH is 1. The summed E-state index contributed by atoms with van der Waals surface area (Å²) in [5.74, 6) is 0.314. The Morgan fingerprint density at radius 2 is 2.12 bits per heavy atom. The Kier molecular flexibility index (Phi) is 3.35. The molecule has 0 bridgehead atoms. The monoisotopic (exact) mass is 233 g/mol. The lowest BCUT2D eigenvalue weighted by Crippen LogP contribution is -1.99. The van der Waals surface area contributed by atoms with E-state index < -0.39 is 11.9 Å². The van der Waals surface area contributed by atoms with Crippen LogP contribution in [0, 0.1) is 5.82 Å². The minimum Gasteiger partial charge on any atom is -0.455 e. The maximum atomic E-state index is 13.5. The molecule has 3 nitrogen and oxygen atoms in total. The zero-order valence-electron chi connectivity index (χ0n) is 9.30. The SMILES string of the molecule is C[C@H](O)c1c(F)cccc1Oc1cccnc1. The predicted octanol–water partition coefficient (Wildman–Crippen LogP) is 3.07. The molecule has 1 aromatic heterocycles. The van der Waals surface area contributed by atoms with Gasteiger partial charge in [0, 0.05) is 6.20 Å². The fourth-order valence-corrected chi connectivity index (χ4v) is 1.55. The Labute approximate surface area is 98.5 Å². The Bertz CT molecular complexity index is 500. The average molecular weight is 233 g/mol. The lowest BCUT2D eigenvalue weighted by molar-refractivity contribution is 0.190. The Morgan fingerprint density at radius 3 is 2.76 bits per heavy atom. The van der Waals surface area contributed by atoms with E-state index in [1.807, 2.05) is 0 Å². The number of nitrogens with zero attached hydrogens (tertiary/aromatic N) is 1. The topological polar surface area (TPSA) is 42.4 Å². The molecule has 0 saturated heterocycles. The molecule has 0 aliphatic heterocycles. The fourth-order valence-electron chi connectivity index (χ4n) is 1.55. The molecule has 0 unspecified atom stereocenters. The number of rotatable bonds is 3. The molecule has 0 amide bonds. The zero-order chi connectivity index (χ0) is 12.3. The van der Waals surface area contributed by atoms with Crippen LogP contribution in [-0.2, 0) is 0 Å². The molecule has 4 heteroatoms. The third-order valence-electron chi connectivity index (χ3n) is 2.29. The van der Waals surface area contributed by atoms with E-state index in [-0.39, 0.29) is 5.56 Å². The molecule has 0 aliphatic carbocycles. The van der Waals surface area contributed by atoms with Gasteiger partial charge in [0.2, 0.25) is 0 Å². The van der Waals surface area contributed by atoms with Gasteiger partial charge in [0.05, 0.1) is 17.9 Å². The first kappa shape index (κ1) is 11.5. The lowest BCUT2D eigenvalue weighted by atomic mass is 10.1. The van der Waals surface area contributed by atoms with Crippen molar-refractivity contribution in [1.82, 2.24) is 4.98 Å². The zero-order valence-corrected chi connectivity index (χ0v) is 9.30. The van der Waals surface area contributed by atoms with Crippen LogP contribution in [0.25, 0.3) is 0 Å². The molecule has 2 rings (SSSR count). The van der Waals surface area contributed by atoms with Gasteiger partial charge in [0.25, 0.3) is 0 Å². The van der Waals surface area contributed by atoms with Crippen molar-refractivity contribution < 1.29 is 14.2 Å². The van der Waals surface area contributed by atoms with Crippen LogP contribution < -0.4 is 4.74 Å². The van der Waals surface area contributed by atoms with Crippen molar-refractivity contribution in [2.45, 2.75) is 13.0 Å². The first-order valence-electron chi connectivity index (χ1n) is 5.23. The van der Waals surface area contributed by atoms with Crippen molar-refractivity contribution in [3.63, 3.8) is 0 Å². The molecule has 0 aliphatic rings. The highest BCUT2D eigenvalue weighted by Gasteiger charge is 2.15. The summed E-state index contributed by atoms with van der Waals surface area (Å²) in [7, 11) is 0. The van der Waals surface area contributed by atoms with Gasteiger partial charge in [0.1, 0.15) is 17.3 Å². The highest BCUT2D eigenvalue weighted by Crippen LogP contribution is 2.31. The van der Waals surface area contributed by atoms with E-state index in [0.29, 0.717) is 11.5 Å². The number of hydrogen-bond donors (Lipinski definition) is 1. The van der Waals surface area contributed by atoms with Gasteiger partial charge in [-0.05, 0) is 31.2 Å². The quantitative estimate of drug-likeness (QED) is 0.885. The minimum atomic E-state index is -0.928. The number of benzene rings is 1. The van der Waals surface area contributed by atoms with Crippen LogP contribution >= 0.6 is 0 Å². The molecule has 2 aromatic rings. The molecule has 0 spiro atoms. The van der Waals surface area contributed by atoms with Gasteiger partial charge in [-0.15, -0.1) is 0 Å². The van der Waals surface area contributed by atoms with E-state index in [0.717, 1.165) is 0 Å². The smallest absolute Gasteiger partial charge is 0.145 e. The second kappa shape index (κ2) is 4.93. The van der Waals surface area contributed by atoms with Crippen molar-refractivity contribution in [1.29, 1.82) is 0 Å². The van der Waals surface area contributed by atoms with E-state index in [2.05, 4.69) is 4.98 Å².